The second-order valence-corrected chi connectivity index (χ2v) is 5.90. The maximum Gasteiger partial charge on any atom is 0.218 e. The summed E-state index contributed by atoms with van der Waals surface area (Å²) in [5.74, 6) is 0.865. The van der Waals surface area contributed by atoms with Crippen molar-refractivity contribution in [3.05, 3.63) is 72.1 Å². The number of benzene rings is 2. The van der Waals surface area contributed by atoms with Gasteiger partial charge in [-0.1, -0.05) is 48.5 Å². The van der Waals surface area contributed by atoms with E-state index in [1.54, 1.807) is 0 Å². The molecule has 0 radical (unpaired) electrons. The molecule has 0 unspecified atom stereocenters. The van der Waals surface area contributed by atoms with Gasteiger partial charge in [0.05, 0.1) is 18.9 Å². The molecule has 1 aromatic heterocycles. The molecule has 1 saturated heterocycles. The van der Waals surface area contributed by atoms with Crippen molar-refractivity contribution < 1.29 is 9.64 Å². The summed E-state index contributed by atoms with van der Waals surface area (Å²) < 4.78 is 7.39. The molecule has 1 fully saturated rings. The molecule has 1 N–H and O–H groups in total. The molecular formula is C18H20N5O+. The Morgan fingerprint density at radius 2 is 1.58 bits per heavy atom. The van der Waals surface area contributed by atoms with Gasteiger partial charge in [0, 0.05) is 5.56 Å². The predicted molar refractivity (Wildman–Crippen MR) is 89.0 cm³/mol. The van der Waals surface area contributed by atoms with Gasteiger partial charge in [0.2, 0.25) is 5.82 Å². The molecule has 2 aromatic carbocycles. The topological polar surface area (TPSA) is 57.3 Å². The van der Waals surface area contributed by atoms with Crippen molar-refractivity contribution in [2.24, 2.45) is 0 Å². The predicted octanol–water partition coefficient (Wildman–Crippen LogP) is 0.667. The van der Waals surface area contributed by atoms with Crippen LogP contribution in [0, 0.1) is 0 Å². The molecule has 1 aliphatic rings. The van der Waals surface area contributed by atoms with Gasteiger partial charge < -0.3 is 9.64 Å². The average molecular weight is 322 g/mol. The number of hydrogen-bond acceptors (Lipinski definition) is 4. The molecule has 0 saturated carbocycles. The van der Waals surface area contributed by atoms with Gasteiger partial charge in [0.25, 0.3) is 0 Å². The number of para-hydroxylation sites is 1. The lowest BCUT2D eigenvalue weighted by atomic mass is 10.0. The number of morpholine rings is 1. The van der Waals surface area contributed by atoms with E-state index in [4.69, 9.17) is 4.74 Å². The van der Waals surface area contributed by atoms with Gasteiger partial charge in [-0.05, 0) is 22.6 Å². The lowest BCUT2D eigenvalue weighted by Crippen LogP contribution is -3.14. The Morgan fingerprint density at radius 1 is 0.917 bits per heavy atom. The standard InChI is InChI=1S/C18H19N5O/c1-3-7-15(8-4-1)17(22-11-13-24-14-12-22)18-19-20-21-23(18)16-9-5-2-6-10-16/h1-10,17H,11-14H2/p+1/t17-/m0/s1. The summed E-state index contributed by atoms with van der Waals surface area (Å²) in [7, 11) is 0. The van der Waals surface area contributed by atoms with E-state index in [-0.39, 0.29) is 6.04 Å². The number of rotatable bonds is 4. The Labute approximate surface area is 140 Å². The van der Waals surface area contributed by atoms with Gasteiger partial charge >= 0.3 is 0 Å². The van der Waals surface area contributed by atoms with E-state index in [0.29, 0.717) is 0 Å². The van der Waals surface area contributed by atoms with Gasteiger partial charge in [0.1, 0.15) is 13.1 Å². The second-order valence-electron chi connectivity index (χ2n) is 5.90. The van der Waals surface area contributed by atoms with Crippen LogP contribution in [0.1, 0.15) is 17.4 Å². The quantitative estimate of drug-likeness (QED) is 0.767. The summed E-state index contributed by atoms with van der Waals surface area (Å²) in [6.45, 7) is 3.43. The zero-order chi connectivity index (χ0) is 16.2. The van der Waals surface area contributed by atoms with E-state index in [2.05, 4.69) is 39.8 Å². The number of aromatic nitrogens is 4. The van der Waals surface area contributed by atoms with E-state index in [0.717, 1.165) is 37.8 Å². The number of nitrogens with one attached hydrogen (secondary N) is 1. The van der Waals surface area contributed by atoms with Crippen LogP contribution in [0.15, 0.2) is 60.7 Å². The van der Waals surface area contributed by atoms with Gasteiger partial charge in [-0.2, -0.15) is 4.68 Å². The Kier molecular flexibility index (Phi) is 4.31. The Bertz CT molecular complexity index is 768. The normalized spacial score (nSPS) is 16.8. The van der Waals surface area contributed by atoms with Crippen molar-refractivity contribution in [2.75, 3.05) is 26.3 Å². The maximum atomic E-state index is 5.54. The Hall–Kier alpha value is -2.57. The molecule has 122 valence electrons. The summed E-state index contributed by atoms with van der Waals surface area (Å²) in [4.78, 5) is 1.43. The number of hydrogen-bond donors (Lipinski definition) is 1. The lowest BCUT2D eigenvalue weighted by Gasteiger charge is -2.30. The van der Waals surface area contributed by atoms with E-state index in [9.17, 15) is 0 Å². The highest BCUT2D eigenvalue weighted by molar-refractivity contribution is 5.32. The summed E-state index contributed by atoms with van der Waals surface area (Å²) in [6.07, 6.45) is 0. The highest BCUT2D eigenvalue weighted by Gasteiger charge is 2.33. The fourth-order valence-corrected chi connectivity index (χ4v) is 3.26. The van der Waals surface area contributed by atoms with Crippen molar-refractivity contribution in [1.82, 2.24) is 20.2 Å². The highest BCUT2D eigenvalue weighted by atomic mass is 16.5. The van der Waals surface area contributed by atoms with Crippen molar-refractivity contribution in [3.8, 4) is 5.69 Å². The number of quaternary nitrogens is 1. The van der Waals surface area contributed by atoms with Gasteiger partial charge in [-0.15, -0.1) is 5.10 Å². The third-order valence-corrected chi connectivity index (χ3v) is 4.43. The molecule has 6 heteroatoms. The van der Waals surface area contributed by atoms with E-state index < -0.39 is 0 Å². The minimum absolute atomic E-state index is 0.0882. The molecule has 0 bridgehead atoms. The van der Waals surface area contributed by atoms with Crippen LogP contribution in [0.4, 0.5) is 0 Å². The first-order valence-corrected chi connectivity index (χ1v) is 8.24. The Balaban J connectivity index is 1.78. The summed E-state index contributed by atoms with van der Waals surface area (Å²) >= 11 is 0. The summed E-state index contributed by atoms with van der Waals surface area (Å²) in [5.41, 5.74) is 2.20. The minimum Gasteiger partial charge on any atom is -0.370 e. The largest absolute Gasteiger partial charge is 0.370 e. The molecule has 3 aromatic rings. The van der Waals surface area contributed by atoms with E-state index in [1.165, 1.54) is 10.5 Å². The van der Waals surface area contributed by atoms with Gasteiger partial charge in [-0.25, -0.2) is 0 Å². The minimum atomic E-state index is 0.0882. The van der Waals surface area contributed by atoms with Crippen molar-refractivity contribution >= 4 is 0 Å². The second kappa shape index (κ2) is 6.90. The molecule has 1 aliphatic heterocycles. The van der Waals surface area contributed by atoms with E-state index in [1.807, 2.05) is 41.1 Å². The molecule has 6 nitrogen and oxygen atoms in total. The molecule has 0 aliphatic carbocycles. The first kappa shape index (κ1) is 15.0. The fourth-order valence-electron chi connectivity index (χ4n) is 3.26. The molecule has 0 amide bonds. The monoisotopic (exact) mass is 322 g/mol. The van der Waals surface area contributed by atoms with E-state index >= 15 is 0 Å². The number of tetrazole rings is 1. The molecule has 2 heterocycles. The fraction of sp³-hybridized carbons (Fsp3) is 0.278. The van der Waals surface area contributed by atoms with Crippen LogP contribution in [0.2, 0.25) is 0 Å². The van der Waals surface area contributed by atoms with Crippen LogP contribution < -0.4 is 4.90 Å². The van der Waals surface area contributed by atoms with Crippen LogP contribution in [-0.2, 0) is 4.74 Å². The molecule has 4 rings (SSSR count). The highest BCUT2D eigenvalue weighted by Crippen LogP contribution is 2.19. The zero-order valence-electron chi connectivity index (χ0n) is 13.4. The summed E-state index contributed by atoms with van der Waals surface area (Å²) in [6, 6.07) is 20.6. The van der Waals surface area contributed by atoms with Crippen LogP contribution in [-0.4, -0.2) is 46.5 Å². The zero-order valence-corrected chi connectivity index (χ0v) is 13.4. The maximum absolute atomic E-state index is 5.54. The van der Waals surface area contributed by atoms with Gasteiger partial charge in [0.15, 0.2) is 6.04 Å². The van der Waals surface area contributed by atoms with Crippen molar-refractivity contribution in [1.29, 1.82) is 0 Å². The molecule has 0 spiro atoms. The smallest absolute Gasteiger partial charge is 0.218 e. The third-order valence-electron chi connectivity index (χ3n) is 4.43. The Morgan fingerprint density at radius 3 is 2.29 bits per heavy atom. The average Bonchev–Trinajstić information content (AvgIpc) is 3.14. The van der Waals surface area contributed by atoms with Crippen LogP contribution in [0.3, 0.4) is 0 Å². The van der Waals surface area contributed by atoms with Crippen molar-refractivity contribution in [3.63, 3.8) is 0 Å². The SMILES string of the molecule is c1ccc([C@@H](c2nnnn2-c2ccccc2)[NH+]2CCOCC2)cc1. The molecular weight excluding hydrogens is 302 g/mol. The van der Waals surface area contributed by atoms with Crippen LogP contribution in [0.5, 0.6) is 0 Å². The van der Waals surface area contributed by atoms with Crippen LogP contribution >= 0.6 is 0 Å². The number of ether oxygens (including phenoxy) is 1. The molecule has 24 heavy (non-hydrogen) atoms. The first-order valence-electron chi connectivity index (χ1n) is 8.24. The molecule has 1 atom stereocenters. The number of nitrogens with zero attached hydrogens (tertiary/aromatic N) is 4. The summed E-state index contributed by atoms with van der Waals surface area (Å²) in [5, 5.41) is 12.6. The van der Waals surface area contributed by atoms with Crippen LogP contribution in [0.25, 0.3) is 5.69 Å². The van der Waals surface area contributed by atoms with Gasteiger partial charge in [-0.3, -0.25) is 0 Å². The third kappa shape index (κ3) is 2.93. The first-order chi connectivity index (χ1) is 11.9. The van der Waals surface area contributed by atoms with Crippen molar-refractivity contribution in [2.45, 2.75) is 6.04 Å². The lowest BCUT2D eigenvalue weighted by molar-refractivity contribution is -0.933.